The van der Waals surface area contributed by atoms with Crippen molar-refractivity contribution in [3.63, 3.8) is 0 Å². The Morgan fingerprint density at radius 3 is 2.73 bits per heavy atom. The predicted molar refractivity (Wildman–Crippen MR) is 113 cm³/mol. The Bertz CT molecular complexity index is 1320. The second-order valence-corrected chi connectivity index (χ2v) is 7.39. The number of aromatic nitrogens is 3. The molecule has 0 radical (unpaired) electrons. The molecule has 0 unspecified atom stereocenters. The van der Waals surface area contributed by atoms with Gasteiger partial charge >= 0.3 is 0 Å². The number of rotatable bonds is 5. The number of benzene rings is 2. The number of aryl methyl sites for hydroxylation is 1. The molecule has 1 N–H and O–H groups in total. The van der Waals surface area contributed by atoms with E-state index in [0.717, 1.165) is 0 Å². The van der Waals surface area contributed by atoms with Gasteiger partial charge in [0, 0.05) is 23.4 Å². The van der Waals surface area contributed by atoms with Crippen molar-refractivity contribution in [2.75, 3.05) is 12.4 Å². The van der Waals surface area contributed by atoms with Gasteiger partial charge in [0.1, 0.15) is 0 Å². The van der Waals surface area contributed by atoms with E-state index in [-0.39, 0.29) is 23.6 Å². The first-order valence-corrected chi connectivity index (χ1v) is 9.88. The van der Waals surface area contributed by atoms with Crippen molar-refractivity contribution in [2.45, 2.75) is 6.42 Å². The van der Waals surface area contributed by atoms with Crippen LogP contribution in [0.3, 0.4) is 0 Å². The Labute approximate surface area is 174 Å². The Hall–Kier alpha value is -3.59. The lowest BCUT2D eigenvalue weighted by atomic mass is 10.1. The number of carbonyl (C=O) groups is 1. The monoisotopic (exact) mass is 424 g/mol. The van der Waals surface area contributed by atoms with Gasteiger partial charge in [0.05, 0.1) is 30.3 Å². The van der Waals surface area contributed by atoms with Crippen LogP contribution in [0.25, 0.3) is 22.0 Å². The van der Waals surface area contributed by atoms with E-state index in [1.165, 1.54) is 35.3 Å². The first-order valence-electron chi connectivity index (χ1n) is 9.00. The molecular weight excluding hydrogens is 407 g/mol. The summed E-state index contributed by atoms with van der Waals surface area (Å²) in [4.78, 5) is 29.1. The molecule has 7 nitrogen and oxygen atoms in total. The van der Waals surface area contributed by atoms with E-state index in [9.17, 15) is 14.0 Å². The zero-order valence-corrected chi connectivity index (χ0v) is 17.0. The number of fused-ring (bicyclic) bond motifs is 1. The van der Waals surface area contributed by atoms with Gasteiger partial charge in [0.25, 0.3) is 5.56 Å². The van der Waals surface area contributed by atoms with Gasteiger partial charge in [-0.05, 0) is 24.3 Å². The number of amides is 1. The summed E-state index contributed by atoms with van der Waals surface area (Å²) < 4.78 is 20.1. The van der Waals surface area contributed by atoms with Crippen molar-refractivity contribution in [1.29, 1.82) is 0 Å². The largest absolute Gasteiger partial charge is 0.494 e. The number of hydrogen-bond acceptors (Lipinski definition) is 6. The average molecular weight is 424 g/mol. The minimum absolute atomic E-state index is 0.0132. The molecule has 0 fully saturated rings. The molecule has 0 saturated carbocycles. The fourth-order valence-electron chi connectivity index (χ4n) is 3.11. The Morgan fingerprint density at radius 1 is 1.23 bits per heavy atom. The summed E-state index contributed by atoms with van der Waals surface area (Å²) in [5.74, 6) is -0.645. The molecule has 0 aliphatic rings. The molecule has 0 aliphatic heterocycles. The van der Waals surface area contributed by atoms with Gasteiger partial charge in [-0.1, -0.05) is 18.2 Å². The molecule has 0 bridgehead atoms. The Kier molecular flexibility index (Phi) is 5.28. The molecule has 2 heterocycles. The lowest BCUT2D eigenvalue weighted by Gasteiger charge is -2.07. The number of ether oxygens (including phenoxy) is 1. The van der Waals surface area contributed by atoms with Crippen molar-refractivity contribution < 1.29 is 13.9 Å². The SMILES string of the molecule is COc1ccc(-c2csc(NC(=O)Cc3nn(C)c(=O)c4ccccc34)n2)cc1F. The van der Waals surface area contributed by atoms with E-state index in [1.807, 2.05) is 0 Å². The fraction of sp³-hybridized carbons (Fsp3) is 0.143. The number of nitrogens with zero attached hydrogens (tertiary/aromatic N) is 3. The first-order chi connectivity index (χ1) is 14.5. The van der Waals surface area contributed by atoms with Crippen LogP contribution in [0, 0.1) is 5.82 Å². The van der Waals surface area contributed by atoms with Crippen molar-refractivity contribution in [3.8, 4) is 17.0 Å². The highest BCUT2D eigenvalue weighted by molar-refractivity contribution is 7.14. The maximum atomic E-state index is 13.9. The highest BCUT2D eigenvalue weighted by Crippen LogP contribution is 2.28. The van der Waals surface area contributed by atoms with E-state index < -0.39 is 5.82 Å². The van der Waals surface area contributed by atoms with Crippen LogP contribution >= 0.6 is 11.3 Å². The highest BCUT2D eigenvalue weighted by atomic mass is 32.1. The highest BCUT2D eigenvalue weighted by Gasteiger charge is 2.14. The number of hydrogen-bond donors (Lipinski definition) is 1. The van der Waals surface area contributed by atoms with Gasteiger partial charge < -0.3 is 10.1 Å². The van der Waals surface area contributed by atoms with Crippen LogP contribution in [0.15, 0.2) is 52.6 Å². The topological polar surface area (TPSA) is 86.1 Å². The van der Waals surface area contributed by atoms with Gasteiger partial charge in [-0.25, -0.2) is 14.1 Å². The summed E-state index contributed by atoms with van der Waals surface area (Å²) in [6, 6.07) is 11.6. The fourth-order valence-corrected chi connectivity index (χ4v) is 3.85. The van der Waals surface area contributed by atoms with Crippen LogP contribution in [0.2, 0.25) is 0 Å². The second kappa shape index (κ2) is 8.03. The molecule has 0 saturated heterocycles. The third-order valence-corrected chi connectivity index (χ3v) is 5.32. The van der Waals surface area contributed by atoms with Gasteiger partial charge in [-0.2, -0.15) is 5.10 Å². The number of nitrogens with one attached hydrogen (secondary N) is 1. The molecule has 0 atom stereocenters. The van der Waals surface area contributed by atoms with E-state index >= 15 is 0 Å². The lowest BCUT2D eigenvalue weighted by Crippen LogP contribution is -2.24. The predicted octanol–water partition coefficient (Wildman–Crippen LogP) is 3.39. The van der Waals surface area contributed by atoms with E-state index in [0.29, 0.717) is 32.9 Å². The van der Waals surface area contributed by atoms with E-state index in [2.05, 4.69) is 15.4 Å². The number of halogens is 1. The minimum Gasteiger partial charge on any atom is -0.494 e. The molecule has 2 aromatic heterocycles. The molecule has 9 heteroatoms. The van der Waals surface area contributed by atoms with Gasteiger partial charge in [-0.15, -0.1) is 11.3 Å². The summed E-state index contributed by atoms with van der Waals surface area (Å²) in [6.45, 7) is 0. The van der Waals surface area contributed by atoms with Crippen molar-refractivity contribution in [1.82, 2.24) is 14.8 Å². The maximum absolute atomic E-state index is 13.9. The standard InChI is InChI=1S/C21H17FN4O3S/c1-26-20(28)14-6-4-3-5-13(14)16(25-26)10-19(27)24-21-23-17(11-30-21)12-7-8-18(29-2)15(22)9-12/h3-9,11H,10H2,1-2H3,(H,23,24,27). The van der Waals surface area contributed by atoms with Gasteiger partial charge in [0.2, 0.25) is 5.91 Å². The molecule has 152 valence electrons. The van der Waals surface area contributed by atoms with Crippen molar-refractivity contribution >= 4 is 33.1 Å². The lowest BCUT2D eigenvalue weighted by molar-refractivity contribution is -0.115. The van der Waals surface area contributed by atoms with Crippen LogP contribution in [-0.4, -0.2) is 27.8 Å². The second-order valence-electron chi connectivity index (χ2n) is 6.53. The quantitative estimate of drug-likeness (QED) is 0.531. The average Bonchev–Trinajstić information content (AvgIpc) is 3.20. The van der Waals surface area contributed by atoms with Crippen LogP contribution in [-0.2, 0) is 18.3 Å². The van der Waals surface area contributed by atoms with E-state index in [4.69, 9.17) is 4.74 Å². The molecule has 1 amide bonds. The third-order valence-electron chi connectivity index (χ3n) is 4.56. The maximum Gasteiger partial charge on any atom is 0.274 e. The molecule has 4 aromatic rings. The van der Waals surface area contributed by atoms with Crippen LogP contribution < -0.4 is 15.6 Å². The molecule has 30 heavy (non-hydrogen) atoms. The zero-order chi connectivity index (χ0) is 21.3. The molecule has 4 rings (SSSR count). The molecular formula is C21H17FN4O3S. The number of carbonyl (C=O) groups excluding carboxylic acids is 1. The van der Waals surface area contributed by atoms with Crippen LogP contribution in [0.5, 0.6) is 5.75 Å². The smallest absolute Gasteiger partial charge is 0.274 e. The van der Waals surface area contributed by atoms with Gasteiger partial charge in [0.15, 0.2) is 16.7 Å². The normalized spacial score (nSPS) is 10.9. The Morgan fingerprint density at radius 2 is 2.00 bits per heavy atom. The minimum atomic E-state index is -0.485. The number of thiazole rings is 1. The number of methoxy groups -OCH3 is 1. The third kappa shape index (κ3) is 3.79. The Balaban J connectivity index is 1.54. The number of anilines is 1. The molecule has 0 aliphatic carbocycles. The van der Waals surface area contributed by atoms with Gasteiger partial charge in [-0.3, -0.25) is 9.59 Å². The summed E-state index contributed by atoms with van der Waals surface area (Å²) in [7, 11) is 2.95. The summed E-state index contributed by atoms with van der Waals surface area (Å²) >= 11 is 1.24. The van der Waals surface area contributed by atoms with Crippen LogP contribution in [0.4, 0.5) is 9.52 Å². The van der Waals surface area contributed by atoms with Crippen molar-refractivity contribution in [3.05, 3.63) is 69.7 Å². The summed E-state index contributed by atoms with van der Waals surface area (Å²) in [5.41, 5.74) is 1.41. The summed E-state index contributed by atoms with van der Waals surface area (Å²) in [6.07, 6.45) is -0.0132. The summed E-state index contributed by atoms with van der Waals surface area (Å²) in [5, 5.41) is 10.2. The van der Waals surface area contributed by atoms with Crippen LogP contribution in [0.1, 0.15) is 5.69 Å². The van der Waals surface area contributed by atoms with Crippen molar-refractivity contribution in [2.24, 2.45) is 7.05 Å². The molecule has 0 spiro atoms. The zero-order valence-electron chi connectivity index (χ0n) is 16.2. The molecule has 2 aromatic carbocycles. The first kappa shape index (κ1) is 19.7. The van der Waals surface area contributed by atoms with E-state index in [1.54, 1.807) is 42.8 Å².